The van der Waals surface area contributed by atoms with E-state index in [1.807, 2.05) is 6.07 Å². The monoisotopic (exact) mass is 496 g/mol. The number of nitriles is 1. The summed E-state index contributed by atoms with van der Waals surface area (Å²) in [5.74, 6) is -0.703. The number of carbonyl (C=O) groups excluding carboxylic acids is 2. The lowest BCUT2D eigenvalue weighted by Gasteiger charge is -2.35. The molecule has 7 nitrogen and oxygen atoms in total. The average molecular weight is 497 g/mol. The maximum Gasteiger partial charge on any atom is 0.411 e. The quantitative estimate of drug-likeness (QED) is 0.636. The molecular formula is C28H37FN4O3. The molecular weight excluding hydrogens is 459 g/mol. The van der Waals surface area contributed by atoms with Gasteiger partial charge in [-0.2, -0.15) is 5.26 Å². The van der Waals surface area contributed by atoms with Crippen molar-refractivity contribution in [2.24, 2.45) is 5.92 Å². The molecule has 36 heavy (non-hydrogen) atoms. The van der Waals surface area contributed by atoms with Gasteiger partial charge in [-0.15, -0.1) is 0 Å². The molecule has 1 saturated carbocycles. The zero-order valence-corrected chi connectivity index (χ0v) is 21.7. The molecule has 1 aromatic rings. The van der Waals surface area contributed by atoms with E-state index in [0.717, 1.165) is 56.5 Å². The van der Waals surface area contributed by atoms with Crippen molar-refractivity contribution in [3.63, 3.8) is 0 Å². The molecule has 0 spiro atoms. The maximum atomic E-state index is 15.0. The first-order valence-electron chi connectivity index (χ1n) is 13.0. The van der Waals surface area contributed by atoms with Crippen LogP contribution in [0.3, 0.4) is 0 Å². The van der Waals surface area contributed by atoms with Crippen LogP contribution in [0, 0.1) is 23.1 Å². The lowest BCUT2D eigenvalue weighted by molar-refractivity contribution is -0.128. The number of hydrogen-bond donors (Lipinski definition) is 1. The van der Waals surface area contributed by atoms with Gasteiger partial charge in [0.15, 0.2) is 0 Å². The Kier molecular flexibility index (Phi) is 7.70. The van der Waals surface area contributed by atoms with Crippen LogP contribution in [-0.4, -0.2) is 65.2 Å². The minimum absolute atomic E-state index is 0.0235. The molecule has 3 aliphatic rings. The number of likely N-dealkylation sites (tertiary alicyclic amines) is 1. The second kappa shape index (κ2) is 10.6. The molecule has 1 aliphatic carbocycles. The number of nitrogens with one attached hydrogen (secondary N) is 1. The number of halogens is 1. The molecule has 2 aliphatic heterocycles. The van der Waals surface area contributed by atoms with E-state index in [1.165, 1.54) is 6.07 Å². The minimum atomic E-state index is -0.899. The Morgan fingerprint density at radius 3 is 2.69 bits per heavy atom. The van der Waals surface area contributed by atoms with Crippen LogP contribution in [-0.2, 0) is 16.0 Å². The van der Waals surface area contributed by atoms with E-state index in [1.54, 1.807) is 31.7 Å². The number of nitrogens with zero attached hydrogens (tertiary/aromatic N) is 3. The second-order valence-corrected chi connectivity index (χ2v) is 11.1. The molecule has 2 fully saturated rings. The fraction of sp³-hybridized carbons (Fsp3) is 0.607. The minimum Gasteiger partial charge on any atom is -0.444 e. The predicted molar refractivity (Wildman–Crippen MR) is 135 cm³/mol. The van der Waals surface area contributed by atoms with Gasteiger partial charge in [0.2, 0.25) is 5.91 Å². The summed E-state index contributed by atoms with van der Waals surface area (Å²) in [5.41, 5.74) is 1.71. The van der Waals surface area contributed by atoms with E-state index in [2.05, 4.69) is 29.3 Å². The fourth-order valence-electron chi connectivity index (χ4n) is 5.68. The number of likely N-dealkylation sites (N-methyl/N-ethyl adjacent to an activating group) is 1. The van der Waals surface area contributed by atoms with E-state index in [0.29, 0.717) is 5.56 Å². The molecule has 1 aromatic carbocycles. The number of benzene rings is 1. The summed E-state index contributed by atoms with van der Waals surface area (Å²) in [5, 5.41) is 12.5. The van der Waals surface area contributed by atoms with E-state index >= 15 is 4.39 Å². The van der Waals surface area contributed by atoms with Crippen LogP contribution in [0.5, 0.6) is 0 Å². The summed E-state index contributed by atoms with van der Waals surface area (Å²) in [6.07, 6.45) is 5.05. The van der Waals surface area contributed by atoms with Crippen LogP contribution in [0.1, 0.15) is 64.5 Å². The first-order chi connectivity index (χ1) is 17.1. The lowest BCUT2D eigenvalue weighted by atomic mass is 9.95. The van der Waals surface area contributed by atoms with E-state index in [4.69, 9.17) is 4.74 Å². The smallest absolute Gasteiger partial charge is 0.411 e. The summed E-state index contributed by atoms with van der Waals surface area (Å²) in [6.45, 7) is 10.3. The first kappa shape index (κ1) is 26.2. The highest BCUT2D eigenvalue weighted by atomic mass is 19.1. The van der Waals surface area contributed by atoms with E-state index < -0.39 is 23.8 Å². The number of piperidine rings is 1. The summed E-state index contributed by atoms with van der Waals surface area (Å²) >= 11 is 0. The fourth-order valence-corrected chi connectivity index (χ4v) is 5.68. The Labute approximate surface area is 213 Å². The summed E-state index contributed by atoms with van der Waals surface area (Å²) < 4.78 is 20.6. The maximum absolute atomic E-state index is 15.0. The van der Waals surface area contributed by atoms with Gasteiger partial charge in [-0.1, -0.05) is 25.1 Å². The molecule has 0 aromatic heterocycles. The highest BCUT2D eigenvalue weighted by Crippen LogP contribution is 2.43. The van der Waals surface area contributed by atoms with Crippen LogP contribution in [0.15, 0.2) is 24.3 Å². The molecule has 0 unspecified atom stereocenters. The van der Waals surface area contributed by atoms with Gasteiger partial charge in [-0.3, -0.25) is 14.6 Å². The molecule has 4 atom stereocenters. The number of amides is 2. The van der Waals surface area contributed by atoms with Crippen LogP contribution in [0.2, 0.25) is 0 Å². The van der Waals surface area contributed by atoms with Crippen molar-refractivity contribution in [2.45, 2.75) is 83.5 Å². The zero-order chi connectivity index (χ0) is 26.0. The standard InChI is InChI=1S/C28H37FN4O3/c1-5-32-12-10-18(11-13-32)19-6-7-20(24(29)16-19)14-22(17-30)31-26(34)25-21-8-9-23(15-21)33(25)27(35)36-28(2,3)4/h6-7,10,16,21-23,25H,5,8-9,11-15H2,1-4H3,(H,31,34)/t21-,22-,23+,25-/m0/s1. The van der Waals surface area contributed by atoms with E-state index in [-0.39, 0.29) is 30.1 Å². The predicted octanol–water partition coefficient (Wildman–Crippen LogP) is 4.27. The molecule has 8 heteroatoms. The summed E-state index contributed by atoms with van der Waals surface area (Å²) in [6, 6.07) is 5.64. The van der Waals surface area contributed by atoms with Crippen molar-refractivity contribution in [3.8, 4) is 6.07 Å². The molecule has 1 saturated heterocycles. The van der Waals surface area contributed by atoms with Crippen LogP contribution < -0.4 is 5.32 Å². The van der Waals surface area contributed by atoms with Crippen LogP contribution in [0.4, 0.5) is 9.18 Å². The number of hydrogen-bond acceptors (Lipinski definition) is 5. The molecule has 194 valence electrons. The normalized spacial score (nSPS) is 24.7. The molecule has 2 amide bonds. The Bertz CT molecular complexity index is 1070. The Morgan fingerprint density at radius 1 is 1.31 bits per heavy atom. The SMILES string of the molecule is CCN1CC=C(c2ccc(C[C@@H](C#N)NC(=O)[C@@H]3[C@H]4CC[C@H](C4)N3C(=O)OC(C)(C)C)c(F)c2)CC1. The highest BCUT2D eigenvalue weighted by Gasteiger charge is 2.52. The Morgan fingerprint density at radius 2 is 2.08 bits per heavy atom. The molecule has 2 heterocycles. The third-order valence-corrected chi connectivity index (χ3v) is 7.52. The summed E-state index contributed by atoms with van der Waals surface area (Å²) in [4.78, 5) is 30.0. The lowest BCUT2D eigenvalue weighted by Crippen LogP contribution is -2.55. The van der Waals surface area contributed by atoms with Gasteiger partial charge in [-0.25, -0.2) is 9.18 Å². The van der Waals surface area contributed by atoms with Gasteiger partial charge in [-0.05, 0) is 81.7 Å². The van der Waals surface area contributed by atoms with Gasteiger partial charge < -0.3 is 10.1 Å². The number of ether oxygens (including phenoxy) is 1. The van der Waals surface area contributed by atoms with Crippen molar-refractivity contribution >= 4 is 17.6 Å². The highest BCUT2D eigenvalue weighted by molar-refractivity contribution is 5.87. The van der Waals surface area contributed by atoms with Crippen molar-refractivity contribution < 1.29 is 18.7 Å². The van der Waals surface area contributed by atoms with Crippen molar-refractivity contribution in [2.75, 3.05) is 19.6 Å². The van der Waals surface area contributed by atoms with Gasteiger partial charge in [0.05, 0.1) is 6.07 Å². The molecule has 1 N–H and O–H groups in total. The van der Waals surface area contributed by atoms with Crippen LogP contribution in [0.25, 0.3) is 5.57 Å². The van der Waals surface area contributed by atoms with Crippen molar-refractivity contribution in [1.82, 2.24) is 15.1 Å². The van der Waals surface area contributed by atoms with Crippen molar-refractivity contribution in [3.05, 3.63) is 41.2 Å². The first-order valence-corrected chi connectivity index (χ1v) is 13.0. The number of rotatable bonds is 6. The van der Waals surface area contributed by atoms with Gasteiger partial charge in [0.1, 0.15) is 23.5 Å². The number of fused-ring (bicyclic) bond motifs is 2. The number of carbonyl (C=O) groups is 2. The Hall–Kier alpha value is -2.92. The van der Waals surface area contributed by atoms with Crippen LogP contribution >= 0.6 is 0 Å². The largest absolute Gasteiger partial charge is 0.444 e. The molecule has 4 rings (SSSR count). The van der Waals surface area contributed by atoms with Gasteiger partial charge in [0, 0.05) is 25.6 Å². The average Bonchev–Trinajstić information content (AvgIpc) is 3.45. The van der Waals surface area contributed by atoms with Gasteiger partial charge in [0.25, 0.3) is 0 Å². The second-order valence-electron chi connectivity index (χ2n) is 11.1. The van der Waals surface area contributed by atoms with Crippen molar-refractivity contribution in [1.29, 1.82) is 5.26 Å². The van der Waals surface area contributed by atoms with E-state index in [9.17, 15) is 14.9 Å². The van der Waals surface area contributed by atoms with Gasteiger partial charge >= 0.3 is 6.09 Å². The topological polar surface area (TPSA) is 85.7 Å². The third kappa shape index (κ3) is 5.73. The molecule has 0 radical (unpaired) electrons. The zero-order valence-electron chi connectivity index (χ0n) is 21.7. The Balaban J connectivity index is 1.42. The summed E-state index contributed by atoms with van der Waals surface area (Å²) in [7, 11) is 0. The molecule has 2 bridgehead atoms. The third-order valence-electron chi connectivity index (χ3n) is 7.52.